The first kappa shape index (κ1) is 22.6. The van der Waals surface area contributed by atoms with Crippen LogP contribution in [0.3, 0.4) is 0 Å². The summed E-state index contributed by atoms with van der Waals surface area (Å²) in [5, 5.41) is 2.91. The van der Waals surface area contributed by atoms with Crippen molar-refractivity contribution >= 4 is 23.8 Å². The molecule has 0 spiro atoms. The molecule has 0 saturated carbocycles. The molecule has 1 atom stereocenters. The summed E-state index contributed by atoms with van der Waals surface area (Å²) in [6.07, 6.45) is 0. The molecule has 1 aromatic carbocycles. The van der Waals surface area contributed by atoms with Crippen molar-refractivity contribution in [3.05, 3.63) is 35.4 Å². The number of nitrogens with zero attached hydrogens (tertiary/aromatic N) is 2. The first-order valence-electron chi connectivity index (χ1n) is 10.1. The number of carbonyl (C=O) groups is 4. The Bertz CT molecular complexity index is 784. The van der Waals surface area contributed by atoms with Crippen molar-refractivity contribution in [2.75, 3.05) is 13.1 Å². The van der Waals surface area contributed by atoms with Gasteiger partial charge < -0.3 is 5.32 Å². The molecule has 0 unspecified atom stereocenters. The molecule has 1 aliphatic heterocycles. The average molecular weight is 402 g/mol. The number of urea groups is 1. The summed E-state index contributed by atoms with van der Waals surface area (Å²) in [5.74, 6) is -1.75. The lowest BCUT2D eigenvalue weighted by Crippen LogP contribution is -2.43. The summed E-state index contributed by atoms with van der Waals surface area (Å²) in [6, 6.07) is 7.06. The summed E-state index contributed by atoms with van der Waals surface area (Å²) in [5.41, 5.74) is 2.16. The zero-order chi connectivity index (χ0) is 21.9. The van der Waals surface area contributed by atoms with Gasteiger partial charge in [-0.25, -0.2) is 9.69 Å². The van der Waals surface area contributed by atoms with Crippen LogP contribution in [0.15, 0.2) is 24.3 Å². The molecule has 5 amide bonds. The van der Waals surface area contributed by atoms with E-state index in [2.05, 4.69) is 19.2 Å². The van der Waals surface area contributed by atoms with Crippen LogP contribution in [-0.2, 0) is 14.4 Å². The van der Waals surface area contributed by atoms with Gasteiger partial charge in [-0.1, -0.05) is 65.8 Å². The third-order valence-electron chi connectivity index (χ3n) is 4.93. The van der Waals surface area contributed by atoms with Gasteiger partial charge in [0.05, 0.1) is 6.04 Å². The number of amides is 5. The Labute approximate surface area is 172 Å². The lowest BCUT2D eigenvalue weighted by Gasteiger charge is -2.24. The lowest BCUT2D eigenvalue weighted by molar-refractivity contribution is -0.144. The monoisotopic (exact) mass is 401 g/mol. The summed E-state index contributed by atoms with van der Waals surface area (Å²) < 4.78 is 0. The molecule has 1 fully saturated rings. The largest absolute Gasteiger partial charge is 0.347 e. The molecule has 1 N–H and O–H groups in total. The van der Waals surface area contributed by atoms with Gasteiger partial charge in [0.2, 0.25) is 5.91 Å². The van der Waals surface area contributed by atoms with Gasteiger partial charge in [-0.2, -0.15) is 0 Å². The number of nitrogens with one attached hydrogen (secondary N) is 1. The highest BCUT2D eigenvalue weighted by Gasteiger charge is 2.45. The Balaban J connectivity index is 2.10. The van der Waals surface area contributed by atoms with Gasteiger partial charge in [-0.3, -0.25) is 19.3 Å². The summed E-state index contributed by atoms with van der Waals surface area (Å²) >= 11 is 0. The normalized spacial score (nSPS) is 15.8. The van der Waals surface area contributed by atoms with E-state index in [1.165, 1.54) is 5.56 Å². The van der Waals surface area contributed by atoms with Gasteiger partial charge in [-0.15, -0.1) is 0 Å². The van der Waals surface area contributed by atoms with Crippen molar-refractivity contribution < 1.29 is 19.2 Å². The van der Waals surface area contributed by atoms with E-state index in [-0.39, 0.29) is 24.4 Å². The molecule has 29 heavy (non-hydrogen) atoms. The fourth-order valence-corrected chi connectivity index (χ4v) is 3.30. The first-order valence-corrected chi connectivity index (χ1v) is 10.1. The molecule has 0 aliphatic carbocycles. The van der Waals surface area contributed by atoms with Gasteiger partial charge in [-0.05, 0) is 28.9 Å². The van der Waals surface area contributed by atoms with E-state index in [0.29, 0.717) is 5.92 Å². The van der Waals surface area contributed by atoms with Crippen LogP contribution in [0.25, 0.3) is 0 Å². The quantitative estimate of drug-likeness (QED) is 0.536. The third-order valence-corrected chi connectivity index (χ3v) is 4.93. The Morgan fingerprint density at radius 2 is 1.38 bits per heavy atom. The first-order chi connectivity index (χ1) is 13.5. The lowest BCUT2D eigenvalue weighted by atomic mass is 9.93. The Morgan fingerprint density at radius 1 is 0.862 bits per heavy atom. The molecule has 158 valence electrons. The predicted octanol–water partition coefficient (Wildman–Crippen LogP) is 3.07. The minimum atomic E-state index is -0.951. The van der Waals surface area contributed by atoms with Crippen LogP contribution >= 0.6 is 0 Å². The molecule has 2 rings (SSSR count). The van der Waals surface area contributed by atoms with E-state index in [1.54, 1.807) is 0 Å². The highest BCUT2D eigenvalue weighted by Crippen LogP contribution is 2.24. The van der Waals surface area contributed by atoms with E-state index in [4.69, 9.17) is 0 Å². The average Bonchev–Trinajstić information content (AvgIpc) is 2.83. The smallest absolute Gasteiger partial charge is 0.334 e. The van der Waals surface area contributed by atoms with Crippen LogP contribution in [0.4, 0.5) is 4.79 Å². The zero-order valence-electron chi connectivity index (χ0n) is 18.1. The highest BCUT2D eigenvalue weighted by molar-refractivity contribution is 6.45. The number of rotatable bonds is 8. The zero-order valence-corrected chi connectivity index (χ0v) is 18.1. The number of hydrogen-bond donors (Lipinski definition) is 1. The van der Waals surface area contributed by atoms with Crippen molar-refractivity contribution in [1.29, 1.82) is 0 Å². The maximum absolute atomic E-state index is 12.6. The minimum Gasteiger partial charge on any atom is -0.347 e. The number of imide groups is 2. The van der Waals surface area contributed by atoms with Gasteiger partial charge in [0.1, 0.15) is 6.54 Å². The molecule has 7 nitrogen and oxygen atoms in total. The van der Waals surface area contributed by atoms with Crippen LogP contribution < -0.4 is 5.32 Å². The van der Waals surface area contributed by atoms with E-state index in [0.717, 1.165) is 15.4 Å². The molecule has 1 aromatic rings. The highest BCUT2D eigenvalue weighted by atomic mass is 16.2. The standard InChI is InChI=1S/C22H31N3O4/c1-13(2)11-24-20(27)21(28)25(22(24)29)12-18(26)23-19(15(5)6)17-9-7-16(8-10-17)14(3)4/h7-10,13-15,19H,11-12H2,1-6H3,(H,23,26)/t19-/m1/s1. The van der Waals surface area contributed by atoms with Crippen LogP contribution in [0, 0.1) is 11.8 Å². The summed E-state index contributed by atoms with van der Waals surface area (Å²) in [6.45, 7) is 11.6. The molecule has 1 saturated heterocycles. The van der Waals surface area contributed by atoms with Gasteiger partial charge >= 0.3 is 17.8 Å². The molecule has 7 heteroatoms. The van der Waals surface area contributed by atoms with Gasteiger partial charge in [0.25, 0.3) is 0 Å². The number of carbonyl (C=O) groups excluding carboxylic acids is 4. The minimum absolute atomic E-state index is 0.0311. The predicted molar refractivity (Wildman–Crippen MR) is 110 cm³/mol. The number of hydrogen-bond acceptors (Lipinski definition) is 4. The van der Waals surface area contributed by atoms with Crippen LogP contribution in [0.1, 0.15) is 64.6 Å². The van der Waals surface area contributed by atoms with Crippen molar-refractivity contribution in [2.24, 2.45) is 11.8 Å². The Morgan fingerprint density at radius 3 is 1.86 bits per heavy atom. The topological polar surface area (TPSA) is 86.8 Å². The van der Waals surface area contributed by atoms with Crippen molar-refractivity contribution in [1.82, 2.24) is 15.1 Å². The molecule has 0 aromatic heterocycles. The van der Waals surface area contributed by atoms with Crippen LogP contribution in [0.2, 0.25) is 0 Å². The molecule has 0 radical (unpaired) electrons. The van der Waals surface area contributed by atoms with Crippen molar-refractivity contribution in [3.8, 4) is 0 Å². The Hall–Kier alpha value is -2.70. The second-order valence-corrected chi connectivity index (χ2v) is 8.59. The van der Waals surface area contributed by atoms with Crippen molar-refractivity contribution in [3.63, 3.8) is 0 Å². The van der Waals surface area contributed by atoms with Crippen LogP contribution in [0.5, 0.6) is 0 Å². The fourth-order valence-electron chi connectivity index (χ4n) is 3.30. The van der Waals surface area contributed by atoms with E-state index in [9.17, 15) is 19.2 Å². The van der Waals surface area contributed by atoms with Gasteiger partial charge in [0, 0.05) is 6.54 Å². The fraction of sp³-hybridized carbons (Fsp3) is 0.545. The second-order valence-electron chi connectivity index (χ2n) is 8.59. The Kier molecular flexibility index (Phi) is 7.16. The van der Waals surface area contributed by atoms with E-state index in [1.807, 2.05) is 52.0 Å². The number of benzene rings is 1. The van der Waals surface area contributed by atoms with Crippen LogP contribution in [-0.4, -0.2) is 46.6 Å². The van der Waals surface area contributed by atoms with E-state index >= 15 is 0 Å². The van der Waals surface area contributed by atoms with Crippen molar-refractivity contribution in [2.45, 2.75) is 53.5 Å². The van der Waals surface area contributed by atoms with E-state index < -0.39 is 30.3 Å². The maximum Gasteiger partial charge on any atom is 0.334 e. The SMILES string of the molecule is CC(C)CN1C(=O)C(=O)N(CC(=O)N[C@@H](c2ccc(C(C)C)cc2)C(C)C)C1=O. The molecule has 1 aliphatic rings. The summed E-state index contributed by atoms with van der Waals surface area (Å²) in [4.78, 5) is 50.9. The maximum atomic E-state index is 12.6. The molecular weight excluding hydrogens is 370 g/mol. The summed E-state index contributed by atoms with van der Waals surface area (Å²) in [7, 11) is 0. The third kappa shape index (κ3) is 5.22. The molecule has 1 heterocycles. The molecular formula is C22H31N3O4. The van der Waals surface area contributed by atoms with Gasteiger partial charge in [0.15, 0.2) is 0 Å². The molecule has 0 bridgehead atoms. The second kappa shape index (κ2) is 9.20.